The number of nitrogens with zero attached hydrogens (tertiary/aromatic N) is 1. The SMILES string of the molecule is CC(C)(C)[n+]1c(-c2ccccc2)cc(-c2ccc3cccccc2-3)cc1-c1ccccc1. The number of rotatable bonds is 3. The van der Waals surface area contributed by atoms with Gasteiger partial charge in [-0.2, -0.15) is 4.57 Å². The minimum Gasteiger partial charge on any atom is -0.187 e. The lowest BCUT2D eigenvalue weighted by Crippen LogP contribution is -2.53. The van der Waals surface area contributed by atoms with E-state index in [-0.39, 0.29) is 5.54 Å². The molecule has 0 amide bonds. The highest BCUT2D eigenvalue weighted by Crippen LogP contribution is 2.38. The van der Waals surface area contributed by atoms with Crippen LogP contribution in [0, 0.1) is 0 Å². The van der Waals surface area contributed by atoms with Gasteiger partial charge in [-0.15, -0.1) is 0 Å². The molecule has 0 N–H and O–H groups in total. The summed E-state index contributed by atoms with van der Waals surface area (Å²) in [5, 5.41) is 0. The quantitative estimate of drug-likeness (QED) is 0.265. The molecule has 1 heterocycles. The third-order valence-electron chi connectivity index (χ3n) is 5.98. The van der Waals surface area contributed by atoms with Crippen LogP contribution in [-0.2, 0) is 5.54 Å². The van der Waals surface area contributed by atoms with Crippen molar-refractivity contribution >= 4 is 0 Å². The smallest absolute Gasteiger partial charge is 0.187 e. The van der Waals surface area contributed by atoms with E-state index >= 15 is 0 Å². The van der Waals surface area contributed by atoms with Crippen LogP contribution in [0.3, 0.4) is 0 Å². The second kappa shape index (κ2) is 8.09. The normalized spacial score (nSPS) is 11.6. The van der Waals surface area contributed by atoms with Crippen molar-refractivity contribution in [1.82, 2.24) is 0 Å². The van der Waals surface area contributed by atoms with Gasteiger partial charge in [0.25, 0.3) is 0 Å². The van der Waals surface area contributed by atoms with E-state index in [1.54, 1.807) is 0 Å². The van der Waals surface area contributed by atoms with Gasteiger partial charge >= 0.3 is 0 Å². The fourth-order valence-electron chi connectivity index (χ4n) is 4.58. The van der Waals surface area contributed by atoms with Crippen molar-refractivity contribution in [3.05, 3.63) is 115 Å². The Kier molecular flexibility index (Phi) is 5.11. The van der Waals surface area contributed by atoms with Crippen LogP contribution in [0.1, 0.15) is 20.8 Å². The van der Waals surface area contributed by atoms with Crippen LogP contribution in [-0.4, -0.2) is 0 Å². The molecule has 3 aromatic rings. The first-order chi connectivity index (χ1) is 15.5. The molecule has 0 unspecified atom stereocenters. The molecular formula is C31H28N+. The number of fused-ring (bicyclic) bond motifs is 1. The molecule has 0 aliphatic heterocycles. The lowest BCUT2D eigenvalue weighted by molar-refractivity contribution is -0.734. The van der Waals surface area contributed by atoms with E-state index < -0.39 is 0 Å². The lowest BCUT2D eigenvalue weighted by atomic mass is 9.95. The maximum absolute atomic E-state index is 2.48. The Balaban J connectivity index is 1.86. The molecule has 0 radical (unpaired) electrons. The van der Waals surface area contributed by atoms with Gasteiger partial charge < -0.3 is 0 Å². The molecular weight excluding hydrogens is 386 g/mol. The van der Waals surface area contributed by atoms with Crippen LogP contribution in [0.4, 0.5) is 0 Å². The summed E-state index contributed by atoms with van der Waals surface area (Å²) in [7, 11) is 0. The van der Waals surface area contributed by atoms with E-state index in [4.69, 9.17) is 0 Å². The van der Waals surface area contributed by atoms with Crippen molar-refractivity contribution in [1.29, 1.82) is 0 Å². The molecule has 0 saturated carbocycles. The zero-order valence-electron chi connectivity index (χ0n) is 18.9. The Bertz CT molecular complexity index is 1270. The van der Waals surface area contributed by atoms with Gasteiger partial charge in [0.2, 0.25) is 11.4 Å². The van der Waals surface area contributed by atoms with Crippen molar-refractivity contribution in [2.75, 3.05) is 0 Å². The molecule has 32 heavy (non-hydrogen) atoms. The second-order valence-electron chi connectivity index (χ2n) is 9.28. The zero-order valence-corrected chi connectivity index (χ0v) is 18.9. The van der Waals surface area contributed by atoms with E-state index in [2.05, 4.69) is 141 Å². The van der Waals surface area contributed by atoms with Gasteiger partial charge in [0.05, 0.1) is 0 Å². The molecule has 0 bridgehead atoms. The Hall–Kier alpha value is -3.71. The first-order valence-corrected chi connectivity index (χ1v) is 11.2. The second-order valence-corrected chi connectivity index (χ2v) is 9.28. The molecule has 1 heteroatoms. The molecule has 5 rings (SSSR count). The topological polar surface area (TPSA) is 3.88 Å². The molecule has 2 aromatic carbocycles. The molecule has 2 aliphatic carbocycles. The maximum atomic E-state index is 2.48. The van der Waals surface area contributed by atoms with Crippen molar-refractivity contribution in [3.8, 4) is 44.8 Å². The van der Waals surface area contributed by atoms with Gasteiger partial charge in [-0.1, -0.05) is 78.9 Å². The van der Waals surface area contributed by atoms with Crippen molar-refractivity contribution in [2.45, 2.75) is 26.3 Å². The summed E-state index contributed by atoms with van der Waals surface area (Å²) in [5.74, 6) is 0. The summed E-state index contributed by atoms with van der Waals surface area (Å²) in [6.07, 6.45) is 0. The van der Waals surface area contributed by atoms with Crippen molar-refractivity contribution in [2.24, 2.45) is 0 Å². The average molecular weight is 415 g/mol. The van der Waals surface area contributed by atoms with Crippen LogP contribution in [0.25, 0.3) is 44.8 Å². The minimum atomic E-state index is -0.0879. The third-order valence-corrected chi connectivity index (χ3v) is 5.98. The third kappa shape index (κ3) is 3.71. The molecule has 2 aliphatic rings. The fraction of sp³-hybridized carbons (Fsp3) is 0.129. The number of aromatic nitrogens is 1. The van der Waals surface area contributed by atoms with Gasteiger partial charge in [-0.05, 0) is 46.5 Å². The summed E-state index contributed by atoms with van der Waals surface area (Å²) >= 11 is 0. The number of benzene rings is 2. The summed E-state index contributed by atoms with van der Waals surface area (Å²) < 4.78 is 2.48. The molecule has 0 atom stereocenters. The van der Waals surface area contributed by atoms with E-state index in [0.29, 0.717) is 0 Å². The Labute approximate surface area is 191 Å². The highest BCUT2D eigenvalue weighted by Gasteiger charge is 2.32. The molecule has 1 aromatic heterocycles. The Morgan fingerprint density at radius 2 is 0.875 bits per heavy atom. The highest BCUT2D eigenvalue weighted by atomic mass is 15.1. The standard InChI is InChI=1S/C31H28N/c1-31(2,3)32-29(24-14-8-4-9-15-24)21-26(22-30(32)25-16-10-5-11-17-25)28-20-19-23-13-7-6-12-18-27(23)28/h4-22H,1-3H3/q+1. The number of pyridine rings is 1. The van der Waals surface area contributed by atoms with Crippen LogP contribution < -0.4 is 4.57 Å². The minimum absolute atomic E-state index is 0.0879. The lowest BCUT2D eigenvalue weighted by Gasteiger charge is -2.22. The molecule has 0 fully saturated rings. The molecule has 156 valence electrons. The van der Waals surface area contributed by atoms with Gasteiger partial charge in [0, 0.05) is 44.0 Å². The summed E-state index contributed by atoms with van der Waals surface area (Å²) in [5.41, 5.74) is 9.87. The maximum Gasteiger partial charge on any atom is 0.214 e. The monoisotopic (exact) mass is 414 g/mol. The number of hydrogen-bond donors (Lipinski definition) is 0. The largest absolute Gasteiger partial charge is 0.214 e. The van der Waals surface area contributed by atoms with Crippen LogP contribution in [0.15, 0.2) is 115 Å². The molecule has 0 saturated heterocycles. The first-order valence-electron chi connectivity index (χ1n) is 11.2. The fourth-order valence-corrected chi connectivity index (χ4v) is 4.58. The van der Waals surface area contributed by atoms with Gasteiger partial charge in [-0.3, -0.25) is 0 Å². The predicted octanol–water partition coefficient (Wildman–Crippen LogP) is 7.83. The Morgan fingerprint density at radius 3 is 1.38 bits per heavy atom. The summed E-state index contributed by atoms with van der Waals surface area (Å²) in [4.78, 5) is 0. The molecule has 1 nitrogen and oxygen atoms in total. The van der Waals surface area contributed by atoms with Gasteiger partial charge in [0.15, 0.2) is 5.54 Å². The van der Waals surface area contributed by atoms with Crippen molar-refractivity contribution < 1.29 is 4.57 Å². The van der Waals surface area contributed by atoms with Crippen molar-refractivity contribution in [3.63, 3.8) is 0 Å². The zero-order chi connectivity index (χ0) is 22.1. The first kappa shape index (κ1) is 20.2. The van der Waals surface area contributed by atoms with E-state index in [0.717, 1.165) is 0 Å². The average Bonchev–Trinajstić information content (AvgIpc) is 3.07. The predicted molar refractivity (Wildman–Crippen MR) is 135 cm³/mol. The van der Waals surface area contributed by atoms with Gasteiger partial charge in [0.1, 0.15) is 0 Å². The van der Waals surface area contributed by atoms with Gasteiger partial charge in [-0.25, -0.2) is 0 Å². The van der Waals surface area contributed by atoms with Crippen LogP contribution >= 0.6 is 0 Å². The summed E-state index contributed by atoms with van der Waals surface area (Å²) in [6.45, 7) is 6.84. The van der Waals surface area contributed by atoms with Crippen LogP contribution in [0.2, 0.25) is 0 Å². The van der Waals surface area contributed by atoms with E-state index in [9.17, 15) is 0 Å². The van der Waals surface area contributed by atoms with E-state index in [1.165, 1.54) is 44.8 Å². The molecule has 0 spiro atoms. The summed E-state index contributed by atoms with van der Waals surface area (Å²) in [6, 6.07) is 41.4. The van der Waals surface area contributed by atoms with Crippen LogP contribution in [0.5, 0.6) is 0 Å². The number of hydrogen-bond acceptors (Lipinski definition) is 0. The highest BCUT2D eigenvalue weighted by molar-refractivity contribution is 5.88. The Morgan fingerprint density at radius 1 is 0.438 bits per heavy atom. The van der Waals surface area contributed by atoms with E-state index in [1.807, 2.05) is 0 Å².